The van der Waals surface area contributed by atoms with Gasteiger partial charge in [-0.15, -0.1) is 0 Å². The molecule has 0 amide bonds. The minimum absolute atomic E-state index is 0.0656. The molecule has 1 heterocycles. The third-order valence-electron chi connectivity index (χ3n) is 4.91. The van der Waals surface area contributed by atoms with Crippen molar-refractivity contribution in [2.24, 2.45) is 11.3 Å². The van der Waals surface area contributed by atoms with Gasteiger partial charge in [0.15, 0.2) is 5.16 Å². The van der Waals surface area contributed by atoms with Crippen LogP contribution < -0.4 is 5.56 Å². The van der Waals surface area contributed by atoms with E-state index in [1.54, 1.807) is 0 Å². The van der Waals surface area contributed by atoms with Crippen LogP contribution in [-0.4, -0.2) is 16.2 Å². The average molecular weight is 290 g/mol. The Morgan fingerprint density at radius 1 is 1.45 bits per heavy atom. The molecule has 0 unspecified atom stereocenters. The molecule has 0 saturated carbocycles. The lowest BCUT2D eigenvalue weighted by Crippen LogP contribution is -2.41. The van der Waals surface area contributed by atoms with Crippen molar-refractivity contribution in [3.05, 3.63) is 33.3 Å². The molecule has 0 aromatic carbocycles. The van der Waals surface area contributed by atoms with Crippen LogP contribution in [-0.2, 0) is 6.42 Å². The van der Waals surface area contributed by atoms with Crippen LogP contribution >= 0.6 is 11.8 Å². The van der Waals surface area contributed by atoms with Crippen molar-refractivity contribution < 1.29 is 0 Å². The molecule has 2 atom stereocenters. The topological polar surface area (TPSA) is 45.8 Å². The highest BCUT2D eigenvalue weighted by Gasteiger charge is 2.44. The molecule has 1 aromatic heterocycles. The van der Waals surface area contributed by atoms with Gasteiger partial charge in [-0.2, -0.15) is 0 Å². The smallest absolute Gasteiger partial charge is 0.255 e. The van der Waals surface area contributed by atoms with Crippen molar-refractivity contribution in [3.8, 4) is 0 Å². The molecular weight excluding hydrogens is 268 g/mol. The van der Waals surface area contributed by atoms with E-state index < -0.39 is 0 Å². The van der Waals surface area contributed by atoms with Crippen LogP contribution in [0.25, 0.3) is 0 Å². The number of hydrogen-bond donors (Lipinski definition) is 1. The molecule has 0 fully saturated rings. The molecule has 1 N–H and O–H groups in total. The van der Waals surface area contributed by atoms with Gasteiger partial charge in [-0.25, -0.2) is 4.98 Å². The van der Waals surface area contributed by atoms with Crippen LogP contribution in [0.4, 0.5) is 0 Å². The number of fused-ring (bicyclic) bond motifs is 3. The first kappa shape index (κ1) is 13.9. The molecule has 0 bridgehead atoms. The van der Waals surface area contributed by atoms with Crippen LogP contribution in [0.2, 0.25) is 0 Å². The highest BCUT2D eigenvalue weighted by Crippen LogP contribution is 2.50. The van der Waals surface area contributed by atoms with Gasteiger partial charge in [0.25, 0.3) is 5.56 Å². The number of rotatable bonds is 1. The summed E-state index contributed by atoms with van der Waals surface area (Å²) in [4.78, 5) is 20.1. The van der Waals surface area contributed by atoms with E-state index in [1.165, 1.54) is 23.8 Å². The normalized spacial score (nSPS) is 27.5. The maximum absolute atomic E-state index is 12.5. The first-order valence-corrected chi connectivity index (χ1v) is 8.49. The second-order valence-corrected chi connectivity index (χ2v) is 7.58. The molecular formula is C16H22N2OS. The molecule has 0 radical (unpaired) electrons. The predicted octanol–water partition coefficient (Wildman–Crippen LogP) is 3.51. The average Bonchev–Trinajstić information content (AvgIpc) is 2.36. The zero-order valence-electron chi connectivity index (χ0n) is 12.6. The fourth-order valence-corrected chi connectivity index (χ4v) is 4.27. The monoisotopic (exact) mass is 290 g/mol. The zero-order valence-corrected chi connectivity index (χ0v) is 13.4. The van der Waals surface area contributed by atoms with E-state index >= 15 is 0 Å². The fraction of sp³-hybridized carbons (Fsp3) is 0.625. The molecule has 1 aromatic rings. The Kier molecular flexibility index (Phi) is 3.32. The maximum Gasteiger partial charge on any atom is 0.255 e. The van der Waals surface area contributed by atoms with Crippen molar-refractivity contribution in [2.45, 2.75) is 51.1 Å². The van der Waals surface area contributed by atoms with E-state index in [0.717, 1.165) is 29.3 Å². The Morgan fingerprint density at radius 2 is 2.20 bits per heavy atom. The van der Waals surface area contributed by atoms with E-state index in [1.807, 2.05) is 6.26 Å². The molecule has 0 aliphatic heterocycles. The first-order valence-electron chi connectivity index (χ1n) is 7.27. The molecule has 0 spiro atoms. The largest absolute Gasteiger partial charge is 0.301 e. The van der Waals surface area contributed by atoms with Gasteiger partial charge in [-0.05, 0) is 43.8 Å². The van der Waals surface area contributed by atoms with Gasteiger partial charge in [0, 0.05) is 11.5 Å². The SMILES string of the molecule is CSc1nc2c(c(=O)[nH]1)[C@H]1C=C(C)CC[C@H]1C(C)(C)C2. The zero-order chi connectivity index (χ0) is 14.5. The number of allylic oxidation sites excluding steroid dienone is 2. The summed E-state index contributed by atoms with van der Waals surface area (Å²) in [6, 6.07) is 0. The van der Waals surface area contributed by atoms with Crippen molar-refractivity contribution >= 4 is 11.8 Å². The Balaban J connectivity index is 2.21. The summed E-state index contributed by atoms with van der Waals surface area (Å²) < 4.78 is 0. The van der Waals surface area contributed by atoms with Gasteiger partial charge in [0.05, 0.1) is 5.69 Å². The minimum atomic E-state index is 0.0656. The second-order valence-electron chi connectivity index (χ2n) is 6.78. The Bertz CT molecular complexity index is 630. The van der Waals surface area contributed by atoms with Crippen LogP contribution in [0.3, 0.4) is 0 Å². The minimum Gasteiger partial charge on any atom is -0.301 e. The molecule has 2 aliphatic rings. The number of hydrogen-bond acceptors (Lipinski definition) is 3. The van der Waals surface area contributed by atoms with Gasteiger partial charge in [0.2, 0.25) is 0 Å². The summed E-state index contributed by atoms with van der Waals surface area (Å²) in [6.45, 7) is 6.82. The van der Waals surface area contributed by atoms with Gasteiger partial charge >= 0.3 is 0 Å². The van der Waals surface area contributed by atoms with E-state index in [9.17, 15) is 4.79 Å². The number of H-pyrrole nitrogens is 1. The molecule has 3 nitrogen and oxygen atoms in total. The molecule has 3 rings (SSSR count). The van der Waals surface area contributed by atoms with E-state index in [4.69, 9.17) is 0 Å². The third kappa shape index (κ3) is 2.14. The lowest BCUT2D eigenvalue weighted by molar-refractivity contribution is 0.153. The lowest BCUT2D eigenvalue weighted by Gasteiger charge is -2.45. The molecule has 0 saturated heterocycles. The first-order chi connectivity index (χ1) is 9.42. The van der Waals surface area contributed by atoms with Crippen molar-refractivity contribution in [1.82, 2.24) is 9.97 Å². The number of nitrogens with one attached hydrogen (secondary N) is 1. The quantitative estimate of drug-likeness (QED) is 0.489. The van der Waals surface area contributed by atoms with Crippen LogP contribution in [0.5, 0.6) is 0 Å². The van der Waals surface area contributed by atoms with E-state index in [2.05, 4.69) is 36.8 Å². The number of thioether (sulfide) groups is 1. The summed E-state index contributed by atoms with van der Waals surface area (Å²) in [5.74, 6) is 0.802. The summed E-state index contributed by atoms with van der Waals surface area (Å²) in [5.41, 5.74) is 3.62. The molecule has 20 heavy (non-hydrogen) atoms. The number of aromatic nitrogens is 2. The molecule has 2 aliphatic carbocycles. The summed E-state index contributed by atoms with van der Waals surface area (Å²) in [6.07, 6.45) is 7.51. The van der Waals surface area contributed by atoms with Crippen LogP contribution in [0.15, 0.2) is 21.6 Å². The van der Waals surface area contributed by atoms with Crippen molar-refractivity contribution in [3.63, 3.8) is 0 Å². The predicted molar refractivity (Wildman–Crippen MR) is 83.3 cm³/mol. The lowest BCUT2D eigenvalue weighted by atomic mass is 9.59. The van der Waals surface area contributed by atoms with Crippen LogP contribution in [0, 0.1) is 11.3 Å². The Hall–Kier alpha value is -1.03. The summed E-state index contributed by atoms with van der Waals surface area (Å²) in [7, 11) is 0. The third-order valence-corrected chi connectivity index (χ3v) is 5.49. The van der Waals surface area contributed by atoms with E-state index in [0.29, 0.717) is 5.92 Å². The second kappa shape index (κ2) is 4.76. The maximum atomic E-state index is 12.5. The molecule has 108 valence electrons. The highest BCUT2D eigenvalue weighted by atomic mass is 32.2. The Labute approximate surface area is 124 Å². The van der Waals surface area contributed by atoms with Crippen molar-refractivity contribution in [2.75, 3.05) is 6.26 Å². The molecule has 4 heteroatoms. The Morgan fingerprint density at radius 3 is 2.90 bits per heavy atom. The van der Waals surface area contributed by atoms with Gasteiger partial charge < -0.3 is 4.98 Å². The van der Waals surface area contributed by atoms with Gasteiger partial charge in [0.1, 0.15) is 0 Å². The van der Waals surface area contributed by atoms with Gasteiger partial charge in [-0.3, -0.25) is 4.79 Å². The summed E-state index contributed by atoms with van der Waals surface area (Å²) in [5, 5.41) is 0.736. The summed E-state index contributed by atoms with van der Waals surface area (Å²) >= 11 is 1.50. The van der Waals surface area contributed by atoms with Crippen LogP contribution in [0.1, 0.15) is 50.8 Å². The van der Waals surface area contributed by atoms with E-state index in [-0.39, 0.29) is 16.9 Å². The van der Waals surface area contributed by atoms with Gasteiger partial charge in [-0.1, -0.05) is 37.3 Å². The number of aromatic amines is 1. The standard InChI is InChI=1S/C16H22N2OS/c1-9-5-6-11-10(7-9)13-12(8-16(11,2)3)17-15(20-4)18-14(13)19/h7,10-11H,5-6,8H2,1-4H3,(H,17,18,19)/t10-,11+/m0/s1. The van der Waals surface area contributed by atoms with Crippen molar-refractivity contribution in [1.29, 1.82) is 0 Å². The highest BCUT2D eigenvalue weighted by molar-refractivity contribution is 7.98. The number of nitrogens with zero attached hydrogens (tertiary/aromatic N) is 1. The fourth-order valence-electron chi connectivity index (χ4n) is 3.87.